The van der Waals surface area contributed by atoms with Crippen LogP contribution in [0.25, 0.3) is 0 Å². The van der Waals surface area contributed by atoms with Gasteiger partial charge in [-0.2, -0.15) is 0 Å². The molecule has 118 valence electrons. The van der Waals surface area contributed by atoms with Crippen LogP contribution in [0.4, 0.5) is 11.6 Å². The highest BCUT2D eigenvalue weighted by molar-refractivity contribution is 5.59. The Kier molecular flexibility index (Phi) is 5.76. The molecule has 1 aliphatic carbocycles. The fourth-order valence-corrected chi connectivity index (χ4v) is 2.33. The third-order valence-corrected chi connectivity index (χ3v) is 3.66. The third-order valence-electron chi connectivity index (χ3n) is 3.66. The van der Waals surface area contributed by atoms with Gasteiger partial charge in [0.05, 0.1) is 13.2 Å². The van der Waals surface area contributed by atoms with Crippen molar-refractivity contribution in [2.75, 3.05) is 43.1 Å². The van der Waals surface area contributed by atoms with Gasteiger partial charge in [-0.05, 0) is 26.2 Å². The number of aliphatic hydroxyl groups excluding tert-OH is 2. The first-order chi connectivity index (χ1) is 10.2. The van der Waals surface area contributed by atoms with Crippen molar-refractivity contribution in [3.05, 3.63) is 11.4 Å². The zero-order valence-electron chi connectivity index (χ0n) is 13.0. The SMILES string of the molecule is CCCNc1nc(C2CC2)nc(N(CCO)CCO)c1C. The smallest absolute Gasteiger partial charge is 0.137 e. The van der Waals surface area contributed by atoms with Crippen molar-refractivity contribution >= 4 is 11.6 Å². The molecule has 0 saturated heterocycles. The second kappa shape index (κ2) is 7.56. The van der Waals surface area contributed by atoms with Crippen LogP contribution in [0, 0.1) is 6.92 Å². The Morgan fingerprint density at radius 3 is 2.38 bits per heavy atom. The summed E-state index contributed by atoms with van der Waals surface area (Å²) in [5.41, 5.74) is 0.981. The van der Waals surface area contributed by atoms with Crippen molar-refractivity contribution in [2.24, 2.45) is 0 Å². The topological polar surface area (TPSA) is 81.5 Å². The van der Waals surface area contributed by atoms with E-state index in [9.17, 15) is 10.2 Å². The summed E-state index contributed by atoms with van der Waals surface area (Å²) >= 11 is 0. The van der Waals surface area contributed by atoms with Crippen molar-refractivity contribution in [1.82, 2.24) is 9.97 Å². The molecule has 0 spiro atoms. The molecule has 2 rings (SSSR count). The number of aromatic nitrogens is 2. The predicted octanol–water partition coefficient (Wildman–Crippen LogP) is 1.28. The molecule has 0 aliphatic heterocycles. The van der Waals surface area contributed by atoms with E-state index in [1.54, 1.807) is 0 Å². The molecule has 0 amide bonds. The Bertz CT molecular complexity index is 457. The summed E-state index contributed by atoms with van der Waals surface area (Å²) in [6.07, 6.45) is 3.33. The van der Waals surface area contributed by atoms with Gasteiger partial charge in [-0.3, -0.25) is 0 Å². The lowest BCUT2D eigenvalue weighted by Gasteiger charge is -2.25. The van der Waals surface area contributed by atoms with Crippen LogP contribution in [0.15, 0.2) is 0 Å². The number of nitrogens with one attached hydrogen (secondary N) is 1. The molecule has 0 unspecified atom stereocenters. The van der Waals surface area contributed by atoms with Gasteiger partial charge in [0.2, 0.25) is 0 Å². The van der Waals surface area contributed by atoms with Crippen LogP contribution in [0.3, 0.4) is 0 Å². The van der Waals surface area contributed by atoms with Crippen LogP contribution in [0.5, 0.6) is 0 Å². The fraction of sp³-hybridized carbons (Fsp3) is 0.733. The molecule has 1 saturated carbocycles. The molecule has 1 aliphatic rings. The Labute approximate surface area is 126 Å². The minimum absolute atomic E-state index is 0.0416. The van der Waals surface area contributed by atoms with Crippen LogP contribution in [0.1, 0.15) is 43.5 Å². The van der Waals surface area contributed by atoms with Crippen molar-refractivity contribution in [3.8, 4) is 0 Å². The van der Waals surface area contributed by atoms with Gasteiger partial charge < -0.3 is 20.4 Å². The molecule has 0 aromatic carbocycles. The van der Waals surface area contributed by atoms with Gasteiger partial charge in [-0.1, -0.05) is 6.92 Å². The minimum atomic E-state index is 0.0416. The predicted molar refractivity (Wildman–Crippen MR) is 83.9 cm³/mol. The Morgan fingerprint density at radius 2 is 1.86 bits per heavy atom. The first kappa shape index (κ1) is 16.0. The maximum atomic E-state index is 9.23. The number of hydrogen-bond donors (Lipinski definition) is 3. The van der Waals surface area contributed by atoms with E-state index in [1.807, 2.05) is 11.8 Å². The van der Waals surface area contributed by atoms with Gasteiger partial charge in [-0.15, -0.1) is 0 Å². The lowest BCUT2D eigenvalue weighted by atomic mass is 10.2. The maximum absolute atomic E-state index is 9.23. The normalized spacial score (nSPS) is 14.3. The molecule has 6 heteroatoms. The third kappa shape index (κ3) is 4.04. The lowest BCUT2D eigenvalue weighted by Crippen LogP contribution is -2.31. The fourth-order valence-electron chi connectivity index (χ4n) is 2.33. The van der Waals surface area contributed by atoms with E-state index in [0.717, 1.165) is 48.8 Å². The second-order valence-corrected chi connectivity index (χ2v) is 5.51. The van der Waals surface area contributed by atoms with Gasteiger partial charge in [0, 0.05) is 31.1 Å². The van der Waals surface area contributed by atoms with Crippen LogP contribution >= 0.6 is 0 Å². The van der Waals surface area contributed by atoms with E-state index in [1.165, 1.54) is 0 Å². The lowest BCUT2D eigenvalue weighted by molar-refractivity contribution is 0.280. The molecule has 3 N–H and O–H groups in total. The summed E-state index contributed by atoms with van der Waals surface area (Å²) in [6.45, 7) is 6.01. The summed E-state index contributed by atoms with van der Waals surface area (Å²) in [6, 6.07) is 0. The zero-order chi connectivity index (χ0) is 15.2. The van der Waals surface area contributed by atoms with Crippen LogP contribution in [0.2, 0.25) is 0 Å². The van der Waals surface area contributed by atoms with Gasteiger partial charge in [-0.25, -0.2) is 9.97 Å². The van der Waals surface area contributed by atoms with E-state index >= 15 is 0 Å². The zero-order valence-corrected chi connectivity index (χ0v) is 13.0. The molecule has 0 radical (unpaired) electrons. The Balaban J connectivity index is 2.33. The number of anilines is 2. The van der Waals surface area contributed by atoms with Crippen LogP contribution < -0.4 is 10.2 Å². The highest BCUT2D eigenvalue weighted by atomic mass is 16.3. The maximum Gasteiger partial charge on any atom is 0.137 e. The van der Waals surface area contributed by atoms with E-state index in [4.69, 9.17) is 4.98 Å². The monoisotopic (exact) mass is 294 g/mol. The highest BCUT2D eigenvalue weighted by Gasteiger charge is 2.29. The Morgan fingerprint density at radius 1 is 1.19 bits per heavy atom. The highest BCUT2D eigenvalue weighted by Crippen LogP contribution is 2.40. The van der Waals surface area contributed by atoms with Gasteiger partial charge in [0.1, 0.15) is 17.5 Å². The molecule has 1 aromatic rings. The van der Waals surface area contributed by atoms with Crippen molar-refractivity contribution in [2.45, 2.75) is 39.0 Å². The molecule has 1 heterocycles. The summed E-state index contributed by atoms with van der Waals surface area (Å²) in [7, 11) is 0. The summed E-state index contributed by atoms with van der Waals surface area (Å²) in [5.74, 6) is 3.06. The van der Waals surface area contributed by atoms with E-state index < -0.39 is 0 Å². The quantitative estimate of drug-likeness (QED) is 0.636. The molecule has 6 nitrogen and oxygen atoms in total. The van der Waals surface area contributed by atoms with Crippen molar-refractivity contribution in [3.63, 3.8) is 0 Å². The number of aliphatic hydroxyl groups is 2. The number of hydrogen-bond acceptors (Lipinski definition) is 6. The second-order valence-electron chi connectivity index (χ2n) is 5.51. The van der Waals surface area contributed by atoms with Crippen molar-refractivity contribution < 1.29 is 10.2 Å². The molecule has 21 heavy (non-hydrogen) atoms. The standard InChI is InChI=1S/C15H26N4O2/c1-3-6-16-13-11(2)15(19(7-9-20)8-10-21)18-14(17-13)12-4-5-12/h12,20-21H,3-10H2,1-2H3,(H,16,17,18). The first-order valence-corrected chi connectivity index (χ1v) is 7.80. The molecule has 0 bridgehead atoms. The number of rotatable bonds is 9. The minimum Gasteiger partial charge on any atom is -0.395 e. The molecule has 0 atom stereocenters. The molecule has 1 fully saturated rings. The first-order valence-electron chi connectivity index (χ1n) is 7.80. The van der Waals surface area contributed by atoms with E-state index in [-0.39, 0.29) is 13.2 Å². The summed E-state index contributed by atoms with van der Waals surface area (Å²) in [4.78, 5) is 11.3. The average Bonchev–Trinajstić information content (AvgIpc) is 3.31. The van der Waals surface area contributed by atoms with Gasteiger partial charge in [0.25, 0.3) is 0 Å². The molecular weight excluding hydrogens is 268 g/mol. The van der Waals surface area contributed by atoms with Crippen LogP contribution in [-0.4, -0.2) is 53.0 Å². The average molecular weight is 294 g/mol. The van der Waals surface area contributed by atoms with E-state index in [2.05, 4.69) is 17.2 Å². The number of nitrogens with zero attached hydrogens (tertiary/aromatic N) is 3. The van der Waals surface area contributed by atoms with Gasteiger partial charge in [0.15, 0.2) is 0 Å². The molecule has 1 aromatic heterocycles. The molecular formula is C15H26N4O2. The van der Waals surface area contributed by atoms with E-state index in [0.29, 0.717) is 19.0 Å². The van der Waals surface area contributed by atoms with Gasteiger partial charge >= 0.3 is 0 Å². The summed E-state index contributed by atoms with van der Waals surface area (Å²) < 4.78 is 0. The van der Waals surface area contributed by atoms with Crippen molar-refractivity contribution in [1.29, 1.82) is 0 Å². The largest absolute Gasteiger partial charge is 0.395 e. The Hall–Kier alpha value is -1.40. The van der Waals surface area contributed by atoms with Crippen LogP contribution in [-0.2, 0) is 0 Å². The summed E-state index contributed by atoms with van der Waals surface area (Å²) in [5, 5.41) is 21.8.